The number of piperidine rings is 1. The Kier molecular flexibility index (Phi) is 5.64. The van der Waals surface area contributed by atoms with Gasteiger partial charge < -0.3 is 9.84 Å². The SMILES string of the molecule is O=C(O)c1cccc([N+](=O)[O-])c1C(=O)OCCN1CCCCC1. The van der Waals surface area contributed by atoms with Crippen LogP contribution >= 0.6 is 0 Å². The quantitative estimate of drug-likeness (QED) is 0.484. The molecule has 0 bridgehead atoms. The minimum Gasteiger partial charge on any atom is -0.478 e. The number of carboxylic acid groups (broad SMARTS) is 1. The first-order valence-electron chi connectivity index (χ1n) is 7.41. The van der Waals surface area contributed by atoms with E-state index in [0.29, 0.717) is 6.54 Å². The van der Waals surface area contributed by atoms with Gasteiger partial charge in [0.2, 0.25) is 0 Å². The van der Waals surface area contributed by atoms with Gasteiger partial charge in [0.15, 0.2) is 5.56 Å². The fourth-order valence-electron chi connectivity index (χ4n) is 2.61. The molecule has 0 amide bonds. The van der Waals surface area contributed by atoms with E-state index in [2.05, 4.69) is 4.90 Å². The molecule has 8 heteroatoms. The lowest BCUT2D eigenvalue weighted by Gasteiger charge is -2.25. The Hall–Kier alpha value is -2.48. The first-order chi connectivity index (χ1) is 11.0. The van der Waals surface area contributed by atoms with E-state index in [-0.39, 0.29) is 6.61 Å². The molecule has 0 atom stereocenters. The number of ether oxygens (including phenoxy) is 1. The predicted molar refractivity (Wildman–Crippen MR) is 80.6 cm³/mol. The summed E-state index contributed by atoms with van der Waals surface area (Å²) in [5.41, 5.74) is -1.50. The summed E-state index contributed by atoms with van der Waals surface area (Å²) in [6.07, 6.45) is 3.39. The van der Waals surface area contributed by atoms with Gasteiger partial charge in [-0.3, -0.25) is 15.0 Å². The van der Waals surface area contributed by atoms with Crippen LogP contribution in [0.25, 0.3) is 0 Å². The summed E-state index contributed by atoms with van der Waals surface area (Å²) >= 11 is 0. The topological polar surface area (TPSA) is 110 Å². The Balaban J connectivity index is 2.08. The highest BCUT2D eigenvalue weighted by Gasteiger charge is 2.28. The van der Waals surface area contributed by atoms with Crippen LogP contribution in [-0.4, -0.2) is 53.1 Å². The predicted octanol–water partition coefficient (Wildman–Crippen LogP) is 1.94. The maximum Gasteiger partial charge on any atom is 0.346 e. The van der Waals surface area contributed by atoms with Crippen molar-refractivity contribution in [3.8, 4) is 0 Å². The van der Waals surface area contributed by atoms with Gasteiger partial charge in [0.25, 0.3) is 5.69 Å². The van der Waals surface area contributed by atoms with Gasteiger partial charge in [0, 0.05) is 12.6 Å². The van der Waals surface area contributed by atoms with E-state index in [1.807, 2.05) is 0 Å². The Morgan fingerprint density at radius 3 is 2.57 bits per heavy atom. The van der Waals surface area contributed by atoms with Gasteiger partial charge in [-0.2, -0.15) is 0 Å². The molecule has 0 radical (unpaired) electrons. The highest BCUT2D eigenvalue weighted by Crippen LogP contribution is 2.23. The van der Waals surface area contributed by atoms with Crippen molar-refractivity contribution in [2.45, 2.75) is 19.3 Å². The van der Waals surface area contributed by atoms with E-state index in [4.69, 9.17) is 9.84 Å². The van der Waals surface area contributed by atoms with E-state index in [1.54, 1.807) is 0 Å². The molecule has 1 N–H and O–H groups in total. The van der Waals surface area contributed by atoms with Crippen molar-refractivity contribution in [3.63, 3.8) is 0 Å². The fourth-order valence-corrected chi connectivity index (χ4v) is 2.61. The van der Waals surface area contributed by atoms with Crippen LogP contribution in [-0.2, 0) is 4.74 Å². The molecule has 0 aromatic heterocycles. The van der Waals surface area contributed by atoms with Gasteiger partial charge in [0.1, 0.15) is 6.61 Å². The molecule has 2 rings (SSSR count). The number of carbonyl (C=O) groups excluding carboxylic acids is 1. The van der Waals surface area contributed by atoms with E-state index in [9.17, 15) is 19.7 Å². The zero-order chi connectivity index (χ0) is 16.8. The molecule has 1 fully saturated rings. The van der Waals surface area contributed by atoms with Crippen molar-refractivity contribution in [2.24, 2.45) is 0 Å². The molecule has 1 aromatic rings. The van der Waals surface area contributed by atoms with Gasteiger partial charge in [-0.25, -0.2) is 9.59 Å². The molecule has 0 aliphatic carbocycles. The molecule has 8 nitrogen and oxygen atoms in total. The second kappa shape index (κ2) is 7.68. The smallest absolute Gasteiger partial charge is 0.346 e. The first-order valence-corrected chi connectivity index (χ1v) is 7.41. The number of nitro benzene ring substituents is 1. The first kappa shape index (κ1) is 16.9. The number of aromatic carboxylic acids is 1. The van der Waals surface area contributed by atoms with Crippen LogP contribution in [0.5, 0.6) is 0 Å². The molecule has 23 heavy (non-hydrogen) atoms. The molecule has 1 heterocycles. The number of likely N-dealkylation sites (tertiary alicyclic amines) is 1. The number of esters is 1. The van der Waals surface area contributed by atoms with Crippen LogP contribution in [0.4, 0.5) is 5.69 Å². The van der Waals surface area contributed by atoms with E-state index in [1.165, 1.54) is 12.5 Å². The van der Waals surface area contributed by atoms with Crippen molar-refractivity contribution in [2.75, 3.05) is 26.2 Å². The van der Waals surface area contributed by atoms with Gasteiger partial charge in [-0.15, -0.1) is 0 Å². The minimum absolute atomic E-state index is 0.0734. The summed E-state index contributed by atoms with van der Waals surface area (Å²) in [5.74, 6) is -2.39. The minimum atomic E-state index is -1.41. The second-order valence-electron chi connectivity index (χ2n) is 5.30. The van der Waals surface area contributed by atoms with Crippen LogP contribution in [0.15, 0.2) is 18.2 Å². The third-order valence-electron chi connectivity index (χ3n) is 3.76. The lowest BCUT2D eigenvalue weighted by atomic mass is 10.1. The number of nitro groups is 1. The van der Waals surface area contributed by atoms with Crippen LogP contribution < -0.4 is 0 Å². The number of benzene rings is 1. The zero-order valence-electron chi connectivity index (χ0n) is 12.6. The summed E-state index contributed by atoms with van der Waals surface area (Å²) in [6, 6.07) is 3.47. The van der Waals surface area contributed by atoms with Crippen LogP contribution in [0, 0.1) is 10.1 Å². The summed E-state index contributed by atoms with van der Waals surface area (Å²) in [7, 11) is 0. The van der Waals surface area contributed by atoms with E-state index in [0.717, 1.165) is 38.1 Å². The summed E-state index contributed by atoms with van der Waals surface area (Å²) in [6.45, 7) is 2.48. The molecular weight excluding hydrogens is 304 g/mol. The Morgan fingerprint density at radius 2 is 1.96 bits per heavy atom. The maximum absolute atomic E-state index is 12.1. The molecule has 0 unspecified atom stereocenters. The molecule has 124 valence electrons. The molecule has 1 aliphatic rings. The molecule has 0 spiro atoms. The second-order valence-corrected chi connectivity index (χ2v) is 5.30. The Morgan fingerprint density at radius 1 is 1.26 bits per heavy atom. The fraction of sp³-hybridized carbons (Fsp3) is 0.467. The normalized spacial score (nSPS) is 15.1. The number of carboxylic acids is 1. The van der Waals surface area contributed by atoms with Crippen molar-refractivity contribution in [1.82, 2.24) is 4.90 Å². The van der Waals surface area contributed by atoms with Crippen LogP contribution in [0.2, 0.25) is 0 Å². The third kappa shape index (κ3) is 4.26. The van der Waals surface area contributed by atoms with Crippen LogP contribution in [0.3, 0.4) is 0 Å². The lowest BCUT2D eigenvalue weighted by molar-refractivity contribution is -0.385. The zero-order valence-corrected chi connectivity index (χ0v) is 12.6. The van der Waals surface area contributed by atoms with E-state index < -0.39 is 33.7 Å². The monoisotopic (exact) mass is 322 g/mol. The average molecular weight is 322 g/mol. The van der Waals surface area contributed by atoms with Gasteiger partial charge >= 0.3 is 11.9 Å². The summed E-state index contributed by atoms with van der Waals surface area (Å²) in [5, 5.41) is 20.1. The molecule has 0 saturated carbocycles. The van der Waals surface area contributed by atoms with Crippen molar-refractivity contribution in [1.29, 1.82) is 0 Å². The van der Waals surface area contributed by atoms with Crippen LogP contribution in [0.1, 0.15) is 40.0 Å². The summed E-state index contributed by atoms with van der Waals surface area (Å²) < 4.78 is 5.06. The number of carbonyl (C=O) groups is 2. The highest BCUT2D eigenvalue weighted by atomic mass is 16.6. The number of nitrogens with zero attached hydrogens (tertiary/aromatic N) is 2. The highest BCUT2D eigenvalue weighted by molar-refractivity contribution is 6.05. The lowest BCUT2D eigenvalue weighted by Crippen LogP contribution is -2.33. The molecule has 1 aromatic carbocycles. The van der Waals surface area contributed by atoms with Crippen molar-refractivity contribution < 1.29 is 24.4 Å². The van der Waals surface area contributed by atoms with Crippen molar-refractivity contribution in [3.05, 3.63) is 39.4 Å². The Labute approximate surface area is 132 Å². The van der Waals surface area contributed by atoms with Gasteiger partial charge in [0.05, 0.1) is 10.5 Å². The average Bonchev–Trinajstić information content (AvgIpc) is 2.54. The van der Waals surface area contributed by atoms with Gasteiger partial charge in [-0.1, -0.05) is 12.5 Å². The number of rotatable bonds is 6. The molecule has 1 aliphatic heterocycles. The summed E-state index contributed by atoms with van der Waals surface area (Å²) in [4.78, 5) is 35.7. The number of hydrogen-bond donors (Lipinski definition) is 1. The van der Waals surface area contributed by atoms with Crippen molar-refractivity contribution >= 4 is 17.6 Å². The molecular formula is C15H18N2O6. The third-order valence-corrected chi connectivity index (χ3v) is 3.76. The molecule has 1 saturated heterocycles. The largest absolute Gasteiger partial charge is 0.478 e. The van der Waals surface area contributed by atoms with Gasteiger partial charge in [-0.05, 0) is 32.0 Å². The Bertz CT molecular complexity index is 578. The maximum atomic E-state index is 12.1. The standard InChI is InChI=1S/C15H18N2O6/c18-14(19)11-5-4-6-12(17(21)22)13(11)15(20)23-10-9-16-7-2-1-3-8-16/h4-6H,1-3,7-10H2,(H,18,19). The van der Waals surface area contributed by atoms with E-state index >= 15 is 0 Å². The number of hydrogen-bond acceptors (Lipinski definition) is 6.